The largest absolute Gasteiger partial charge is 0.310 e. The Balaban J connectivity index is 1.97. The maximum absolute atomic E-state index is 3.22. The van der Waals surface area contributed by atoms with Crippen molar-refractivity contribution in [3.05, 3.63) is 0 Å². The maximum Gasteiger partial charge on any atom is 0.0320 e. The predicted molar refractivity (Wildman–Crippen MR) is 30.3 cm³/mol. The summed E-state index contributed by atoms with van der Waals surface area (Å²) in [6, 6.07) is 0.801. The standard InChI is InChI=1S/C5H12N2/c1-7(2)4-5-3-6-5/h5-6H,3-4H2,1-2H3. The molecule has 1 aliphatic heterocycles. The van der Waals surface area contributed by atoms with Crippen LogP contribution < -0.4 is 5.32 Å². The molecule has 0 radical (unpaired) electrons. The molecule has 0 aromatic carbocycles. The summed E-state index contributed by atoms with van der Waals surface area (Å²) in [5.74, 6) is 0. The molecule has 0 aromatic heterocycles. The number of rotatable bonds is 2. The molecule has 1 unspecified atom stereocenters. The number of hydrogen-bond acceptors (Lipinski definition) is 2. The molecule has 1 saturated heterocycles. The fraction of sp³-hybridized carbons (Fsp3) is 1.00. The van der Waals surface area contributed by atoms with Gasteiger partial charge in [0.15, 0.2) is 0 Å². The van der Waals surface area contributed by atoms with Crippen molar-refractivity contribution >= 4 is 0 Å². The molecule has 1 N–H and O–H groups in total. The van der Waals surface area contributed by atoms with E-state index >= 15 is 0 Å². The van der Waals surface area contributed by atoms with Crippen LogP contribution in [0.2, 0.25) is 0 Å². The summed E-state index contributed by atoms with van der Waals surface area (Å²) in [6.07, 6.45) is 0. The highest BCUT2D eigenvalue weighted by atomic mass is 15.2. The van der Waals surface area contributed by atoms with Crippen LogP contribution in [-0.4, -0.2) is 38.1 Å². The minimum atomic E-state index is 0.801. The Morgan fingerprint density at radius 3 is 2.43 bits per heavy atom. The molecule has 0 spiro atoms. The molecule has 0 saturated carbocycles. The van der Waals surface area contributed by atoms with Crippen LogP contribution in [0.15, 0.2) is 0 Å². The van der Waals surface area contributed by atoms with Crippen LogP contribution in [0.3, 0.4) is 0 Å². The van der Waals surface area contributed by atoms with Crippen molar-refractivity contribution in [2.24, 2.45) is 0 Å². The molecule has 7 heavy (non-hydrogen) atoms. The molecule has 0 amide bonds. The van der Waals surface area contributed by atoms with Gasteiger partial charge in [0, 0.05) is 19.1 Å². The number of nitrogens with zero attached hydrogens (tertiary/aromatic N) is 1. The first-order valence-corrected chi connectivity index (χ1v) is 2.67. The summed E-state index contributed by atoms with van der Waals surface area (Å²) >= 11 is 0. The zero-order valence-corrected chi connectivity index (χ0v) is 4.94. The average Bonchev–Trinajstić information content (AvgIpc) is 2.17. The SMILES string of the molecule is CN(C)CC1CN1. The molecule has 0 aromatic rings. The van der Waals surface area contributed by atoms with Crippen molar-refractivity contribution in [3.63, 3.8) is 0 Å². The van der Waals surface area contributed by atoms with Crippen LogP contribution in [0.25, 0.3) is 0 Å². The van der Waals surface area contributed by atoms with Gasteiger partial charge in [-0.15, -0.1) is 0 Å². The molecule has 0 aliphatic carbocycles. The zero-order valence-electron chi connectivity index (χ0n) is 4.94. The minimum absolute atomic E-state index is 0.801. The summed E-state index contributed by atoms with van der Waals surface area (Å²) in [7, 11) is 4.19. The van der Waals surface area contributed by atoms with E-state index in [1.807, 2.05) is 0 Å². The molecule has 1 rings (SSSR count). The summed E-state index contributed by atoms with van der Waals surface area (Å²) in [6.45, 7) is 2.41. The number of nitrogens with one attached hydrogen (secondary N) is 1. The minimum Gasteiger partial charge on any atom is -0.310 e. The Kier molecular flexibility index (Phi) is 1.30. The Bertz CT molecular complexity index is 57.1. The van der Waals surface area contributed by atoms with Gasteiger partial charge in [-0.05, 0) is 14.1 Å². The van der Waals surface area contributed by atoms with E-state index in [1.54, 1.807) is 0 Å². The lowest BCUT2D eigenvalue weighted by Crippen LogP contribution is -2.18. The van der Waals surface area contributed by atoms with Gasteiger partial charge in [-0.1, -0.05) is 0 Å². The van der Waals surface area contributed by atoms with Crippen molar-refractivity contribution in [1.82, 2.24) is 10.2 Å². The lowest BCUT2D eigenvalue weighted by atomic mass is 10.4. The van der Waals surface area contributed by atoms with E-state index in [1.165, 1.54) is 13.1 Å². The third-order valence-electron chi connectivity index (χ3n) is 1.08. The maximum atomic E-state index is 3.22. The van der Waals surface area contributed by atoms with Gasteiger partial charge in [0.05, 0.1) is 0 Å². The van der Waals surface area contributed by atoms with Gasteiger partial charge in [-0.25, -0.2) is 0 Å². The first kappa shape index (κ1) is 5.06. The summed E-state index contributed by atoms with van der Waals surface area (Å²) in [4.78, 5) is 2.20. The van der Waals surface area contributed by atoms with E-state index in [4.69, 9.17) is 0 Å². The molecule has 42 valence electrons. The van der Waals surface area contributed by atoms with E-state index in [2.05, 4.69) is 24.3 Å². The van der Waals surface area contributed by atoms with Crippen molar-refractivity contribution in [1.29, 1.82) is 0 Å². The van der Waals surface area contributed by atoms with Crippen LogP contribution in [0, 0.1) is 0 Å². The second-order valence-corrected chi connectivity index (χ2v) is 2.37. The third-order valence-corrected chi connectivity index (χ3v) is 1.08. The molecular weight excluding hydrogens is 88.1 g/mol. The van der Waals surface area contributed by atoms with E-state index in [-0.39, 0.29) is 0 Å². The van der Waals surface area contributed by atoms with Gasteiger partial charge in [0.1, 0.15) is 0 Å². The van der Waals surface area contributed by atoms with E-state index in [0.29, 0.717) is 0 Å². The van der Waals surface area contributed by atoms with Crippen LogP contribution in [0.4, 0.5) is 0 Å². The first-order chi connectivity index (χ1) is 3.29. The summed E-state index contributed by atoms with van der Waals surface area (Å²) in [5.41, 5.74) is 0. The third kappa shape index (κ3) is 1.90. The van der Waals surface area contributed by atoms with E-state index in [0.717, 1.165) is 6.04 Å². The highest BCUT2D eigenvalue weighted by Crippen LogP contribution is 1.95. The molecule has 2 heteroatoms. The van der Waals surface area contributed by atoms with Crippen molar-refractivity contribution in [3.8, 4) is 0 Å². The second-order valence-electron chi connectivity index (χ2n) is 2.37. The van der Waals surface area contributed by atoms with Gasteiger partial charge in [-0.3, -0.25) is 0 Å². The van der Waals surface area contributed by atoms with Crippen molar-refractivity contribution in [2.75, 3.05) is 27.2 Å². The molecule has 1 fully saturated rings. The van der Waals surface area contributed by atoms with E-state index in [9.17, 15) is 0 Å². The molecule has 0 bridgehead atoms. The normalized spacial score (nSPS) is 28.7. The highest BCUT2D eigenvalue weighted by Gasteiger charge is 2.19. The van der Waals surface area contributed by atoms with Gasteiger partial charge in [0.25, 0.3) is 0 Å². The summed E-state index contributed by atoms with van der Waals surface area (Å²) in [5, 5.41) is 3.22. The number of hydrogen-bond donors (Lipinski definition) is 1. The van der Waals surface area contributed by atoms with Crippen molar-refractivity contribution in [2.45, 2.75) is 6.04 Å². The Hall–Kier alpha value is -0.0800. The highest BCUT2D eigenvalue weighted by molar-refractivity contribution is 4.84. The monoisotopic (exact) mass is 100 g/mol. The predicted octanol–water partition coefficient (Wildman–Crippen LogP) is -0.480. The Morgan fingerprint density at radius 2 is 2.29 bits per heavy atom. The lowest BCUT2D eigenvalue weighted by Gasteiger charge is -2.04. The molecule has 1 aliphatic rings. The van der Waals surface area contributed by atoms with Gasteiger partial charge in [0.2, 0.25) is 0 Å². The average molecular weight is 100 g/mol. The molecule has 1 heterocycles. The van der Waals surface area contributed by atoms with Gasteiger partial charge >= 0.3 is 0 Å². The van der Waals surface area contributed by atoms with Crippen LogP contribution in [-0.2, 0) is 0 Å². The Morgan fingerprint density at radius 1 is 1.71 bits per heavy atom. The molecule has 1 atom stereocenters. The van der Waals surface area contributed by atoms with Crippen LogP contribution >= 0.6 is 0 Å². The van der Waals surface area contributed by atoms with Crippen LogP contribution in [0.1, 0.15) is 0 Å². The molecule has 2 nitrogen and oxygen atoms in total. The smallest absolute Gasteiger partial charge is 0.0320 e. The van der Waals surface area contributed by atoms with E-state index < -0.39 is 0 Å². The Labute approximate surface area is 44.5 Å². The van der Waals surface area contributed by atoms with Gasteiger partial charge in [-0.2, -0.15) is 0 Å². The number of likely N-dealkylation sites (N-methyl/N-ethyl adjacent to an activating group) is 1. The summed E-state index contributed by atoms with van der Waals surface area (Å²) < 4.78 is 0. The van der Waals surface area contributed by atoms with Gasteiger partial charge < -0.3 is 10.2 Å². The van der Waals surface area contributed by atoms with Crippen molar-refractivity contribution < 1.29 is 0 Å². The quantitative estimate of drug-likeness (QED) is 0.474. The zero-order chi connectivity index (χ0) is 5.28. The second kappa shape index (κ2) is 1.80. The first-order valence-electron chi connectivity index (χ1n) is 2.67. The topological polar surface area (TPSA) is 25.2 Å². The lowest BCUT2D eigenvalue weighted by molar-refractivity contribution is 0.411. The van der Waals surface area contributed by atoms with Crippen LogP contribution in [0.5, 0.6) is 0 Å². The fourth-order valence-electron chi connectivity index (χ4n) is 0.653. The fourth-order valence-corrected chi connectivity index (χ4v) is 0.653. The molecular formula is C5H12N2.